The molecule has 1 fully saturated rings. The summed E-state index contributed by atoms with van der Waals surface area (Å²) in [6, 6.07) is 12.0. The lowest BCUT2D eigenvalue weighted by Crippen LogP contribution is -2.43. The van der Waals surface area contributed by atoms with Gasteiger partial charge in [-0.2, -0.15) is 0 Å². The minimum absolute atomic E-state index is 0.0869. The van der Waals surface area contributed by atoms with E-state index in [0.29, 0.717) is 40.9 Å². The van der Waals surface area contributed by atoms with E-state index in [4.69, 9.17) is 21.1 Å². The van der Waals surface area contributed by atoms with E-state index < -0.39 is 0 Å². The van der Waals surface area contributed by atoms with E-state index >= 15 is 0 Å². The van der Waals surface area contributed by atoms with E-state index in [-0.39, 0.29) is 17.7 Å². The summed E-state index contributed by atoms with van der Waals surface area (Å²) in [4.78, 5) is 27.2. The van der Waals surface area contributed by atoms with Gasteiger partial charge in [0.1, 0.15) is 11.5 Å². The van der Waals surface area contributed by atoms with Crippen molar-refractivity contribution in [2.24, 2.45) is 5.92 Å². The van der Waals surface area contributed by atoms with Crippen molar-refractivity contribution in [3.05, 3.63) is 53.1 Å². The Bertz CT molecular complexity index is 854. The lowest BCUT2D eigenvalue weighted by Gasteiger charge is -2.32. The molecular formula is C21H23ClN2O4. The van der Waals surface area contributed by atoms with E-state index in [1.807, 2.05) is 0 Å². The minimum atomic E-state index is -0.281. The number of rotatable bonds is 5. The number of ether oxygens (including phenoxy) is 2. The molecule has 0 radical (unpaired) electrons. The van der Waals surface area contributed by atoms with Gasteiger partial charge < -0.3 is 19.7 Å². The summed E-state index contributed by atoms with van der Waals surface area (Å²) in [5, 5.41) is 3.50. The second-order valence-corrected chi connectivity index (χ2v) is 7.09. The zero-order valence-corrected chi connectivity index (χ0v) is 16.7. The molecular weight excluding hydrogens is 380 g/mol. The van der Waals surface area contributed by atoms with Crippen molar-refractivity contribution in [2.45, 2.75) is 12.8 Å². The second-order valence-electron chi connectivity index (χ2n) is 6.65. The summed E-state index contributed by atoms with van der Waals surface area (Å²) in [5.41, 5.74) is 1.15. The fourth-order valence-electron chi connectivity index (χ4n) is 3.29. The molecule has 1 aliphatic rings. The topological polar surface area (TPSA) is 67.9 Å². The fraction of sp³-hybridized carbons (Fsp3) is 0.333. The van der Waals surface area contributed by atoms with Crippen LogP contribution in [0.15, 0.2) is 42.5 Å². The van der Waals surface area contributed by atoms with Gasteiger partial charge in [-0.05, 0) is 49.2 Å². The number of halogens is 1. The van der Waals surface area contributed by atoms with Crippen molar-refractivity contribution < 1.29 is 19.1 Å². The van der Waals surface area contributed by atoms with Gasteiger partial charge in [0.2, 0.25) is 5.91 Å². The number of methoxy groups -OCH3 is 2. The molecule has 1 N–H and O–H groups in total. The van der Waals surface area contributed by atoms with Gasteiger partial charge in [-0.1, -0.05) is 11.6 Å². The van der Waals surface area contributed by atoms with Crippen LogP contribution in [0.5, 0.6) is 11.5 Å². The molecule has 0 aliphatic carbocycles. The fourth-order valence-corrected chi connectivity index (χ4v) is 3.41. The van der Waals surface area contributed by atoms with Gasteiger partial charge in [-0.15, -0.1) is 0 Å². The minimum Gasteiger partial charge on any atom is -0.497 e. The first kappa shape index (κ1) is 20.0. The Balaban J connectivity index is 1.67. The second kappa shape index (κ2) is 8.97. The summed E-state index contributed by atoms with van der Waals surface area (Å²) in [6.45, 7) is 1.02. The Morgan fingerprint density at radius 3 is 2.54 bits per heavy atom. The van der Waals surface area contributed by atoms with Crippen LogP contribution in [0.1, 0.15) is 23.2 Å². The molecule has 0 unspecified atom stereocenters. The van der Waals surface area contributed by atoms with E-state index in [0.717, 1.165) is 12.8 Å². The molecule has 0 saturated carbocycles. The lowest BCUT2D eigenvalue weighted by molar-refractivity contribution is -0.121. The quantitative estimate of drug-likeness (QED) is 0.824. The zero-order chi connectivity index (χ0) is 20.1. The Hall–Kier alpha value is -2.73. The summed E-state index contributed by atoms with van der Waals surface area (Å²) in [6.07, 6.45) is 1.51. The van der Waals surface area contributed by atoms with Gasteiger partial charge in [-0.3, -0.25) is 9.59 Å². The molecule has 1 atom stereocenters. The van der Waals surface area contributed by atoms with E-state index in [1.165, 1.54) is 7.11 Å². The monoisotopic (exact) mass is 402 g/mol. The highest BCUT2D eigenvalue weighted by Gasteiger charge is 2.29. The highest BCUT2D eigenvalue weighted by molar-refractivity contribution is 6.30. The van der Waals surface area contributed by atoms with Crippen LogP contribution in [0.2, 0.25) is 5.02 Å². The van der Waals surface area contributed by atoms with Gasteiger partial charge in [0.25, 0.3) is 5.91 Å². The third kappa shape index (κ3) is 4.57. The number of benzene rings is 2. The average Bonchev–Trinajstić information content (AvgIpc) is 2.74. The molecule has 0 spiro atoms. The van der Waals surface area contributed by atoms with Gasteiger partial charge in [0.05, 0.1) is 25.8 Å². The number of carbonyl (C=O) groups is 2. The van der Waals surface area contributed by atoms with E-state index in [9.17, 15) is 9.59 Å². The summed E-state index contributed by atoms with van der Waals surface area (Å²) < 4.78 is 10.5. The molecule has 28 heavy (non-hydrogen) atoms. The van der Waals surface area contributed by atoms with E-state index in [1.54, 1.807) is 54.5 Å². The van der Waals surface area contributed by atoms with Crippen LogP contribution in [0.25, 0.3) is 0 Å². The highest BCUT2D eigenvalue weighted by Crippen LogP contribution is 2.30. The van der Waals surface area contributed by atoms with Crippen LogP contribution < -0.4 is 14.8 Å². The number of nitrogens with zero attached hydrogens (tertiary/aromatic N) is 1. The van der Waals surface area contributed by atoms with Gasteiger partial charge in [0.15, 0.2) is 0 Å². The van der Waals surface area contributed by atoms with E-state index in [2.05, 4.69) is 5.32 Å². The molecule has 7 heteroatoms. The average molecular weight is 403 g/mol. The van der Waals surface area contributed by atoms with Crippen molar-refractivity contribution in [3.8, 4) is 11.5 Å². The highest BCUT2D eigenvalue weighted by atomic mass is 35.5. The molecule has 6 nitrogen and oxygen atoms in total. The molecule has 1 heterocycles. The third-order valence-electron chi connectivity index (χ3n) is 4.84. The van der Waals surface area contributed by atoms with Crippen LogP contribution in [0, 0.1) is 5.92 Å². The lowest BCUT2D eigenvalue weighted by atomic mass is 9.96. The molecule has 148 valence electrons. The molecule has 2 amide bonds. The third-order valence-corrected chi connectivity index (χ3v) is 5.09. The van der Waals surface area contributed by atoms with Gasteiger partial charge in [0, 0.05) is 29.7 Å². The Morgan fingerprint density at radius 1 is 1.11 bits per heavy atom. The number of likely N-dealkylation sites (tertiary alicyclic amines) is 1. The molecule has 0 aromatic heterocycles. The number of piperidine rings is 1. The summed E-state index contributed by atoms with van der Waals surface area (Å²) in [7, 11) is 3.11. The van der Waals surface area contributed by atoms with Crippen LogP contribution in [0.4, 0.5) is 5.69 Å². The number of amides is 2. The van der Waals surface area contributed by atoms with Crippen molar-refractivity contribution >= 4 is 29.1 Å². The first-order chi connectivity index (χ1) is 13.5. The molecule has 2 aromatic rings. The predicted molar refractivity (Wildman–Crippen MR) is 108 cm³/mol. The normalized spacial score (nSPS) is 16.4. The number of nitrogens with one attached hydrogen (secondary N) is 1. The molecule has 2 aromatic carbocycles. The van der Waals surface area contributed by atoms with Gasteiger partial charge in [-0.25, -0.2) is 0 Å². The Labute approximate surface area is 169 Å². The number of hydrogen-bond donors (Lipinski definition) is 1. The molecule has 0 bridgehead atoms. The van der Waals surface area contributed by atoms with Crippen molar-refractivity contribution in [1.82, 2.24) is 4.90 Å². The zero-order valence-electron chi connectivity index (χ0n) is 15.9. The van der Waals surface area contributed by atoms with Crippen LogP contribution in [0.3, 0.4) is 0 Å². The smallest absolute Gasteiger partial charge is 0.253 e. The molecule has 3 rings (SSSR count). The summed E-state index contributed by atoms with van der Waals surface area (Å²) >= 11 is 5.89. The maximum atomic E-state index is 12.8. The first-order valence-corrected chi connectivity index (χ1v) is 9.47. The Kier molecular flexibility index (Phi) is 6.41. The number of carbonyl (C=O) groups excluding carboxylic acids is 2. The molecule has 1 aliphatic heterocycles. The summed E-state index contributed by atoms with van der Waals surface area (Å²) in [5.74, 6) is 0.676. The van der Waals surface area contributed by atoms with Crippen LogP contribution >= 0.6 is 11.6 Å². The standard InChI is InChI=1S/C21H23ClN2O4/c1-27-17-9-10-18(19(12-17)28-2)23-20(25)15-4-3-11-24(13-15)21(26)14-5-7-16(22)8-6-14/h5-10,12,15H,3-4,11,13H2,1-2H3,(H,23,25)/t15-/m0/s1. The Morgan fingerprint density at radius 2 is 1.86 bits per heavy atom. The predicted octanol–water partition coefficient (Wildman–Crippen LogP) is 3.85. The van der Waals surface area contributed by atoms with Crippen molar-refractivity contribution in [3.63, 3.8) is 0 Å². The maximum absolute atomic E-state index is 12.8. The van der Waals surface area contributed by atoms with Crippen molar-refractivity contribution in [2.75, 3.05) is 32.6 Å². The van der Waals surface area contributed by atoms with Crippen molar-refractivity contribution in [1.29, 1.82) is 0 Å². The van der Waals surface area contributed by atoms with Crippen LogP contribution in [-0.2, 0) is 4.79 Å². The largest absolute Gasteiger partial charge is 0.497 e. The number of hydrogen-bond acceptors (Lipinski definition) is 4. The van der Waals surface area contributed by atoms with Crippen LogP contribution in [-0.4, -0.2) is 44.0 Å². The van der Waals surface area contributed by atoms with Gasteiger partial charge >= 0.3 is 0 Å². The first-order valence-electron chi connectivity index (χ1n) is 9.09. The SMILES string of the molecule is COc1ccc(NC(=O)[C@H]2CCCN(C(=O)c3ccc(Cl)cc3)C2)c(OC)c1. The number of anilines is 1. The molecule has 1 saturated heterocycles. The maximum Gasteiger partial charge on any atom is 0.253 e.